The summed E-state index contributed by atoms with van der Waals surface area (Å²) in [7, 11) is 1.60. The van der Waals surface area contributed by atoms with Crippen molar-refractivity contribution in [3.05, 3.63) is 23.8 Å². The van der Waals surface area contributed by atoms with Crippen LogP contribution >= 0.6 is 0 Å². The second kappa shape index (κ2) is 7.09. The fourth-order valence-electron chi connectivity index (χ4n) is 3.13. The van der Waals surface area contributed by atoms with Gasteiger partial charge in [-0.1, -0.05) is 6.07 Å². The van der Waals surface area contributed by atoms with Crippen LogP contribution in [0.4, 0.5) is 0 Å². The molecule has 2 atom stereocenters. The second-order valence-corrected chi connectivity index (χ2v) is 6.06. The van der Waals surface area contributed by atoms with Crippen molar-refractivity contribution < 1.29 is 28.9 Å². The van der Waals surface area contributed by atoms with Crippen molar-refractivity contribution in [2.75, 3.05) is 33.4 Å². The molecule has 0 unspecified atom stereocenters. The number of fused-ring (bicyclic) bond motifs is 1. The molecular formula is C17H21NO6. The van der Waals surface area contributed by atoms with Crippen LogP contribution in [-0.2, 0) is 20.7 Å². The SMILES string of the molecule is COc1ccc2c(c1)OC[C@H](C(=O)N1CCO[C@H](CC(=O)O)C1)C2. The lowest BCUT2D eigenvalue weighted by Gasteiger charge is -2.35. The number of morpholine rings is 1. The molecule has 3 rings (SSSR count). The first kappa shape index (κ1) is 16.6. The fourth-order valence-corrected chi connectivity index (χ4v) is 3.13. The third-order valence-corrected chi connectivity index (χ3v) is 4.38. The Labute approximate surface area is 140 Å². The fraction of sp³-hybridized carbons (Fsp3) is 0.529. The molecule has 0 aromatic heterocycles. The predicted molar refractivity (Wildman–Crippen MR) is 84.3 cm³/mol. The van der Waals surface area contributed by atoms with Gasteiger partial charge in [-0.3, -0.25) is 9.59 Å². The summed E-state index contributed by atoms with van der Waals surface area (Å²) in [5.41, 5.74) is 0.982. The first-order chi connectivity index (χ1) is 11.6. The van der Waals surface area contributed by atoms with Crippen LogP contribution in [0.1, 0.15) is 12.0 Å². The maximum atomic E-state index is 12.7. The predicted octanol–water partition coefficient (Wildman–Crippen LogP) is 0.948. The van der Waals surface area contributed by atoms with E-state index in [9.17, 15) is 9.59 Å². The Morgan fingerprint density at radius 1 is 1.42 bits per heavy atom. The molecule has 1 amide bonds. The third-order valence-electron chi connectivity index (χ3n) is 4.38. The second-order valence-electron chi connectivity index (χ2n) is 6.06. The standard InChI is InChI=1S/C17H21NO6/c1-22-13-3-2-11-6-12(10-24-15(11)7-13)17(21)18-4-5-23-14(9-18)8-16(19)20/h2-3,7,12,14H,4-6,8-10H2,1H3,(H,19,20)/t12-,14-/m1/s1. The molecule has 2 aliphatic heterocycles. The van der Waals surface area contributed by atoms with E-state index in [4.69, 9.17) is 19.3 Å². The molecule has 7 heteroatoms. The molecule has 0 aliphatic carbocycles. The van der Waals surface area contributed by atoms with E-state index in [1.54, 1.807) is 12.0 Å². The van der Waals surface area contributed by atoms with Gasteiger partial charge in [0.25, 0.3) is 0 Å². The van der Waals surface area contributed by atoms with Crippen molar-refractivity contribution in [1.82, 2.24) is 4.90 Å². The van der Waals surface area contributed by atoms with Crippen LogP contribution in [-0.4, -0.2) is 61.4 Å². The molecular weight excluding hydrogens is 314 g/mol. The Bertz CT molecular complexity index is 632. The summed E-state index contributed by atoms with van der Waals surface area (Å²) in [6.45, 7) is 1.49. The van der Waals surface area contributed by atoms with Crippen molar-refractivity contribution in [2.24, 2.45) is 5.92 Å². The van der Waals surface area contributed by atoms with E-state index < -0.39 is 12.1 Å². The van der Waals surface area contributed by atoms with Crippen molar-refractivity contribution in [3.63, 3.8) is 0 Å². The molecule has 0 spiro atoms. The Balaban J connectivity index is 1.64. The van der Waals surface area contributed by atoms with Crippen LogP contribution in [0, 0.1) is 5.92 Å². The minimum atomic E-state index is -0.918. The minimum absolute atomic E-state index is 0.00448. The molecule has 1 saturated heterocycles. The number of amides is 1. The number of carboxylic acid groups (broad SMARTS) is 1. The van der Waals surface area contributed by atoms with Crippen molar-refractivity contribution in [3.8, 4) is 11.5 Å². The van der Waals surface area contributed by atoms with E-state index in [0.717, 1.165) is 17.1 Å². The lowest BCUT2D eigenvalue weighted by Crippen LogP contribution is -2.50. The highest BCUT2D eigenvalue weighted by Crippen LogP contribution is 2.31. The summed E-state index contributed by atoms with van der Waals surface area (Å²) in [5.74, 6) is 0.301. The van der Waals surface area contributed by atoms with E-state index in [-0.39, 0.29) is 18.2 Å². The van der Waals surface area contributed by atoms with Crippen LogP contribution in [0.2, 0.25) is 0 Å². The topological polar surface area (TPSA) is 85.3 Å². The highest BCUT2D eigenvalue weighted by Gasteiger charge is 2.33. The maximum absolute atomic E-state index is 12.7. The molecule has 2 aliphatic rings. The highest BCUT2D eigenvalue weighted by atomic mass is 16.5. The highest BCUT2D eigenvalue weighted by molar-refractivity contribution is 5.80. The number of carboxylic acids is 1. The Morgan fingerprint density at radius 3 is 3.00 bits per heavy atom. The van der Waals surface area contributed by atoms with Gasteiger partial charge < -0.3 is 24.2 Å². The molecule has 1 aromatic rings. The summed E-state index contributed by atoms with van der Waals surface area (Å²) < 4.78 is 16.3. The Morgan fingerprint density at radius 2 is 2.25 bits per heavy atom. The average molecular weight is 335 g/mol. The van der Waals surface area contributed by atoms with Gasteiger partial charge >= 0.3 is 5.97 Å². The number of benzene rings is 1. The summed E-state index contributed by atoms with van der Waals surface area (Å²) in [6, 6.07) is 5.60. The summed E-state index contributed by atoms with van der Waals surface area (Å²) in [5, 5.41) is 8.88. The molecule has 2 heterocycles. The normalized spacial score (nSPS) is 23.1. The van der Waals surface area contributed by atoms with E-state index in [1.807, 2.05) is 18.2 Å². The number of ether oxygens (including phenoxy) is 3. The zero-order valence-electron chi connectivity index (χ0n) is 13.6. The van der Waals surface area contributed by atoms with Gasteiger partial charge in [0.2, 0.25) is 5.91 Å². The van der Waals surface area contributed by atoms with Crippen LogP contribution in [0.5, 0.6) is 11.5 Å². The van der Waals surface area contributed by atoms with Gasteiger partial charge in [-0.2, -0.15) is 0 Å². The van der Waals surface area contributed by atoms with Crippen LogP contribution in [0.15, 0.2) is 18.2 Å². The van der Waals surface area contributed by atoms with Crippen LogP contribution in [0.3, 0.4) is 0 Å². The molecule has 130 valence electrons. The number of hydrogen-bond donors (Lipinski definition) is 1. The largest absolute Gasteiger partial charge is 0.497 e. The van der Waals surface area contributed by atoms with Gasteiger partial charge in [-0.25, -0.2) is 0 Å². The van der Waals surface area contributed by atoms with Crippen molar-refractivity contribution >= 4 is 11.9 Å². The van der Waals surface area contributed by atoms with Gasteiger partial charge in [0.1, 0.15) is 18.1 Å². The average Bonchev–Trinajstić information content (AvgIpc) is 2.59. The molecule has 1 N–H and O–H groups in total. The van der Waals surface area contributed by atoms with E-state index in [0.29, 0.717) is 32.7 Å². The minimum Gasteiger partial charge on any atom is -0.497 e. The van der Waals surface area contributed by atoms with Gasteiger partial charge in [-0.05, 0) is 18.1 Å². The first-order valence-corrected chi connectivity index (χ1v) is 7.98. The van der Waals surface area contributed by atoms with Crippen molar-refractivity contribution in [1.29, 1.82) is 0 Å². The van der Waals surface area contributed by atoms with Gasteiger partial charge in [0.05, 0.1) is 32.2 Å². The van der Waals surface area contributed by atoms with Gasteiger partial charge in [-0.15, -0.1) is 0 Å². The summed E-state index contributed by atoms with van der Waals surface area (Å²) in [6.07, 6.45) is 0.0772. The molecule has 7 nitrogen and oxygen atoms in total. The van der Waals surface area contributed by atoms with E-state index in [2.05, 4.69) is 0 Å². The Kier molecular flexibility index (Phi) is 4.89. The molecule has 0 saturated carbocycles. The van der Waals surface area contributed by atoms with Crippen LogP contribution in [0.25, 0.3) is 0 Å². The number of aliphatic carboxylic acids is 1. The third kappa shape index (κ3) is 3.62. The summed E-state index contributed by atoms with van der Waals surface area (Å²) in [4.78, 5) is 25.3. The molecule has 0 radical (unpaired) electrons. The quantitative estimate of drug-likeness (QED) is 0.882. The summed E-state index contributed by atoms with van der Waals surface area (Å²) >= 11 is 0. The zero-order chi connectivity index (χ0) is 17.1. The van der Waals surface area contributed by atoms with E-state index in [1.165, 1.54) is 0 Å². The Hall–Kier alpha value is -2.28. The van der Waals surface area contributed by atoms with Crippen LogP contribution < -0.4 is 9.47 Å². The molecule has 0 bridgehead atoms. The number of rotatable bonds is 4. The maximum Gasteiger partial charge on any atom is 0.306 e. The van der Waals surface area contributed by atoms with Gasteiger partial charge in [0.15, 0.2) is 0 Å². The smallest absolute Gasteiger partial charge is 0.306 e. The monoisotopic (exact) mass is 335 g/mol. The number of methoxy groups -OCH3 is 1. The number of carbonyl (C=O) groups is 2. The number of carbonyl (C=O) groups excluding carboxylic acids is 1. The van der Waals surface area contributed by atoms with Crippen molar-refractivity contribution in [2.45, 2.75) is 18.9 Å². The molecule has 1 fully saturated rings. The number of hydrogen-bond acceptors (Lipinski definition) is 5. The zero-order valence-corrected chi connectivity index (χ0v) is 13.6. The first-order valence-electron chi connectivity index (χ1n) is 7.98. The van der Waals surface area contributed by atoms with E-state index >= 15 is 0 Å². The lowest BCUT2D eigenvalue weighted by molar-refractivity contribution is -0.150. The number of nitrogens with zero attached hydrogens (tertiary/aromatic N) is 1. The lowest BCUT2D eigenvalue weighted by atomic mass is 9.95. The van der Waals surface area contributed by atoms with Gasteiger partial charge in [0, 0.05) is 19.2 Å². The molecule has 24 heavy (non-hydrogen) atoms. The molecule has 1 aromatic carbocycles.